The third-order valence-electron chi connectivity index (χ3n) is 8.41. The first-order valence-electron chi connectivity index (χ1n) is 15.1. The quantitative estimate of drug-likeness (QED) is 0.218. The first-order valence-corrected chi connectivity index (χ1v) is 16.2. The Hall–Kier alpha value is -2.87. The van der Waals surface area contributed by atoms with Crippen LogP contribution in [0.25, 0.3) is 0 Å². The van der Waals surface area contributed by atoms with Crippen LogP contribution < -0.4 is 19.5 Å². The molecule has 2 amide bonds. The molecular formula is C33H43IN2O8. The Bertz CT molecular complexity index is 1310. The van der Waals surface area contributed by atoms with Crippen LogP contribution >= 0.6 is 22.6 Å². The van der Waals surface area contributed by atoms with Crippen molar-refractivity contribution in [1.29, 1.82) is 0 Å². The lowest BCUT2D eigenvalue weighted by Crippen LogP contribution is -2.55. The summed E-state index contributed by atoms with van der Waals surface area (Å²) in [7, 11) is 3.10. The van der Waals surface area contributed by atoms with Crippen LogP contribution in [0, 0.1) is 9.49 Å². The average molecular weight is 723 g/mol. The third-order valence-corrected chi connectivity index (χ3v) is 9.21. The minimum absolute atomic E-state index is 0.0638. The molecule has 4 rings (SSSR count). The zero-order chi connectivity index (χ0) is 31.6. The van der Waals surface area contributed by atoms with Crippen molar-refractivity contribution in [3.05, 3.63) is 62.7 Å². The van der Waals surface area contributed by atoms with Crippen LogP contribution in [0.1, 0.15) is 49.7 Å². The Labute approximate surface area is 272 Å². The number of methoxy groups -OCH3 is 2. The van der Waals surface area contributed by atoms with E-state index in [2.05, 4.69) is 27.9 Å². The van der Waals surface area contributed by atoms with Gasteiger partial charge in [-0.2, -0.15) is 0 Å². The number of rotatable bonds is 14. The van der Waals surface area contributed by atoms with Gasteiger partial charge in [0.25, 0.3) is 0 Å². The molecular weight excluding hydrogens is 679 g/mol. The molecule has 1 saturated carbocycles. The number of nitrogens with zero attached hydrogens (tertiary/aromatic N) is 1. The summed E-state index contributed by atoms with van der Waals surface area (Å²) in [5.41, 5.74) is 1.93. The highest BCUT2D eigenvalue weighted by atomic mass is 127. The number of carbonyl (C=O) groups is 2. The van der Waals surface area contributed by atoms with Gasteiger partial charge < -0.3 is 39.7 Å². The summed E-state index contributed by atoms with van der Waals surface area (Å²) in [6.45, 7) is -0.0119. The molecule has 0 unspecified atom stereocenters. The van der Waals surface area contributed by atoms with Crippen LogP contribution in [-0.2, 0) is 22.6 Å². The minimum Gasteiger partial charge on any atom is -0.496 e. The second-order valence-electron chi connectivity index (χ2n) is 11.3. The molecule has 44 heavy (non-hydrogen) atoms. The van der Waals surface area contributed by atoms with Crippen molar-refractivity contribution in [2.75, 3.05) is 33.9 Å². The number of nitrogens with one attached hydrogen (secondary N) is 1. The standard InChI is InChI=1S/C33H43IN2O8/c1-42-27-10-6-5-9-23(27)11-13-36(30(39)17-21-7-3-4-8-21)26-18-24(33(41)35-12-14-37)19-28(31(26)40)44-32-25(34)15-22(20-38)16-29(32)43-2/h5-6,9-10,15-16,19,21,26,28,31,37-38,40H,3-4,7-8,11-14,17-18,20H2,1-2H3,(H,35,41)/t26-,28+,31+/m1/s1. The molecule has 0 saturated heterocycles. The molecule has 4 N–H and O–H groups in total. The summed E-state index contributed by atoms with van der Waals surface area (Å²) < 4.78 is 18.1. The second kappa shape index (κ2) is 16.4. The molecule has 11 heteroatoms. The van der Waals surface area contributed by atoms with Gasteiger partial charge in [0, 0.05) is 31.5 Å². The zero-order valence-corrected chi connectivity index (χ0v) is 27.5. The van der Waals surface area contributed by atoms with Crippen LogP contribution in [0.2, 0.25) is 0 Å². The maximum absolute atomic E-state index is 14.0. The lowest BCUT2D eigenvalue weighted by Gasteiger charge is -2.41. The summed E-state index contributed by atoms with van der Waals surface area (Å²) in [6, 6.07) is 10.3. The van der Waals surface area contributed by atoms with E-state index in [4.69, 9.17) is 14.2 Å². The van der Waals surface area contributed by atoms with Crippen molar-refractivity contribution in [2.45, 2.75) is 69.8 Å². The van der Waals surface area contributed by atoms with Crippen molar-refractivity contribution < 1.29 is 39.1 Å². The number of para-hydroxylation sites is 1. The van der Waals surface area contributed by atoms with Gasteiger partial charge in [-0.05, 0) is 83.2 Å². The molecule has 2 aromatic carbocycles. The largest absolute Gasteiger partial charge is 0.496 e. The van der Waals surface area contributed by atoms with Crippen molar-refractivity contribution >= 4 is 34.4 Å². The third kappa shape index (κ3) is 8.43. The minimum atomic E-state index is -1.16. The molecule has 1 fully saturated rings. The van der Waals surface area contributed by atoms with Gasteiger partial charge in [0.15, 0.2) is 11.5 Å². The molecule has 2 aromatic rings. The van der Waals surface area contributed by atoms with Gasteiger partial charge in [-0.1, -0.05) is 31.0 Å². The monoisotopic (exact) mass is 722 g/mol. The summed E-state index contributed by atoms with van der Waals surface area (Å²) in [5, 5.41) is 33.5. The van der Waals surface area contributed by atoms with Crippen LogP contribution in [0.4, 0.5) is 0 Å². The number of aliphatic hydroxyl groups excluding tert-OH is 3. The van der Waals surface area contributed by atoms with Crippen molar-refractivity contribution in [1.82, 2.24) is 10.2 Å². The molecule has 2 aliphatic carbocycles. The number of amides is 2. The Kier molecular flexibility index (Phi) is 12.7. The summed E-state index contributed by atoms with van der Waals surface area (Å²) in [4.78, 5) is 28.9. The van der Waals surface area contributed by atoms with Crippen LogP contribution in [-0.4, -0.2) is 84.2 Å². The van der Waals surface area contributed by atoms with E-state index in [1.807, 2.05) is 24.3 Å². The van der Waals surface area contributed by atoms with Crippen molar-refractivity contribution in [3.8, 4) is 17.2 Å². The van der Waals surface area contributed by atoms with E-state index in [0.717, 1.165) is 37.0 Å². The predicted octanol–water partition coefficient (Wildman–Crippen LogP) is 3.37. The normalized spacial score (nSPS) is 20.1. The smallest absolute Gasteiger partial charge is 0.247 e. The van der Waals surface area contributed by atoms with Crippen LogP contribution in [0.5, 0.6) is 17.2 Å². The van der Waals surface area contributed by atoms with Crippen molar-refractivity contribution in [2.24, 2.45) is 5.92 Å². The molecule has 0 aliphatic heterocycles. The molecule has 3 atom stereocenters. The molecule has 2 aliphatic rings. The molecule has 0 radical (unpaired) electrons. The average Bonchev–Trinajstić information content (AvgIpc) is 3.55. The van der Waals surface area contributed by atoms with E-state index in [1.54, 1.807) is 30.2 Å². The van der Waals surface area contributed by atoms with E-state index in [9.17, 15) is 24.9 Å². The highest BCUT2D eigenvalue weighted by molar-refractivity contribution is 14.1. The number of hydrogen-bond acceptors (Lipinski definition) is 8. The number of carbonyl (C=O) groups excluding carboxylic acids is 2. The topological polar surface area (TPSA) is 138 Å². The lowest BCUT2D eigenvalue weighted by atomic mass is 9.87. The lowest BCUT2D eigenvalue weighted by molar-refractivity contribution is -0.139. The maximum atomic E-state index is 14.0. The Morgan fingerprint density at radius 1 is 1.07 bits per heavy atom. The molecule has 0 spiro atoms. The maximum Gasteiger partial charge on any atom is 0.247 e. The summed E-state index contributed by atoms with van der Waals surface area (Å²) in [5.74, 6) is 1.29. The van der Waals surface area contributed by atoms with E-state index in [-0.39, 0.29) is 32.1 Å². The first-order chi connectivity index (χ1) is 21.3. The number of ether oxygens (including phenoxy) is 3. The molecule has 10 nitrogen and oxygen atoms in total. The predicted molar refractivity (Wildman–Crippen MR) is 174 cm³/mol. The fraction of sp³-hybridized carbons (Fsp3) is 0.515. The van der Waals surface area contributed by atoms with Crippen LogP contribution in [0.3, 0.4) is 0 Å². The first kappa shape index (κ1) is 34.0. The van der Waals surface area contributed by atoms with Gasteiger partial charge in [0.2, 0.25) is 11.8 Å². The molecule has 240 valence electrons. The molecule has 0 aromatic heterocycles. The van der Waals surface area contributed by atoms with E-state index < -0.39 is 24.2 Å². The number of halogens is 1. The fourth-order valence-corrected chi connectivity index (χ4v) is 6.89. The highest BCUT2D eigenvalue weighted by Crippen LogP contribution is 2.38. The number of hydrogen-bond donors (Lipinski definition) is 4. The Morgan fingerprint density at radius 2 is 1.80 bits per heavy atom. The van der Waals surface area contributed by atoms with Gasteiger partial charge in [-0.15, -0.1) is 0 Å². The SMILES string of the molecule is COc1ccccc1CCN(C(=O)CC1CCCC1)[C@@H]1CC(C(=O)NCCO)=C[C@H](Oc2c(I)cc(CO)cc2OC)[C@H]1O. The van der Waals surface area contributed by atoms with Crippen molar-refractivity contribution in [3.63, 3.8) is 0 Å². The Balaban J connectivity index is 1.69. The fourth-order valence-electron chi connectivity index (χ4n) is 6.10. The second-order valence-corrected chi connectivity index (χ2v) is 12.4. The van der Waals surface area contributed by atoms with Gasteiger partial charge in [0.1, 0.15) is 18.0 Å². The molecule has 0 bridgehead atoms. The van der Waals surface area contributed by atoms with Crippen LogP contribution in [0.15, 0.2) is 48.0 Å². The van der Waals surface area contributed by atoms with Gasteiger partial charge in [-0.25, -0.2) is 0 Å². The zero-order valence-electron chi connectivity index (χ0n) is 25.3. The van der Waals surface area contributed by atoms with E-state index in [0.29, 0.717) is 51.5 Å². The van der Waals surface area contributed by atoms with Gasteiger partial charge in [0.05, 0.1) is 37.0 Å². The molecule has 0 heterocycles. The number of aliphatic hydroxyl groups is 3. The summed E-state index contributed by atoms with van der Waals surface area (Å²) in [6.07, 6.45) is 4.66. The highest BCUT2D eigenvalue weighted by Gasteiger charge is 2.41. The number of benzene rings is 2. The summed E-state index contributed by atoms with van der Waals surface area (Å²) >= 11 is 2.08. The van der Waals surface area contributed by atoms with E-state index in [1.165, 1.54) is 7.11 Å². The van der Waals surface area contributed by atoms with E-state index >= 15 is 0 Å². The van der Waals surface area contributed by atoms with Gasteiger partial charge >= 0.3 is 0 Å². The Morgan fingerprint density at radius 3 is 2.48 bits per heavy atom. The van der Waals surface area contributed by atoms with Gasteiger partial charge in [-0.3, -0.25) is 9.59 Å².